The Morgan fingerprint density at radius 3 is 2.00 bits per heavy atom. The van der Waals surface area contributed by atoms with Gasteiger partial charge in [0.05, 0.1) is 29.3 Å². The third-order valence-electron chi connectivity index (χ3n) is 3.51. The number of ether oxygens (including phenoxy) is 1. The minimum atomic E-state index is -0.708. The van der Waals surface area contributed by atoms with Crippen molar-refractivity contribution in [1.82, 2.24) is 4.90 Å². The molecule has 3 rings (SSSR count). The Labute approximate surface area is 125 Å². The van der Waals surface area contributed by atoms with Crippen LogP contribution < -0.4 is 15.6 Å². The first-order valence-corrected chi connectivity index (χ1v) is 6.86. The predicted octanol–water partition coefficient (Wildman–Crippen LogP) is 0.866. The van der Waals surface area contributed by atoms with E-state index in [4.69, 9.17) is 4.74 Å². The maximum Gasteiger partial charge on any atom is 0.268 e. The van der Waals surface area contributed by atoms with Gasteiger partial charge in [-0.05, 0) is 26.0 Å². The van der Waals surface area contributed by atoms with E-state index in [2.05, 4.69) is 0 Å². The summed E-state index contributed by atoms with van der Waals surface area (Å²) in [6.07, 6.45) is -0.274. The van der Waals surface area contributed by atoms with Gasteiger partial charge in [0.15, 0.2) is 5.75 Å². The molecule has 1 heterocycles. The Balaban J connectivity index is 1.92. The van der Waals surface area contributed by atoms with Gasteiger partial charge in [-0.25, -0.2) is 0 Å². The average molecular weight is 299 g/mol. The maximum atomic E-state index is 12.2. The number of nitrogens with zero attached hydrogens (tertiary/aromatic N) is 1. The standard InChI is InChI=1S/C16H13NO5/c1-8(2)22-14-11(12(18)13(14)19)7-17-15(20)9-5-3-4-6-10(9)16(17)21/h3-6,8H,7H2,1-2H3. The normalized spacial score (nSPS) is 14.0. The Bertz CT molecular complexity index is 823. The van der Waals surface area contributed by atoms with Crippen molar-refractivity contribution in [2.24, 2.45) is 0 Å². The van der Waals surface area contributed by atoms with Crippen molar-refractivity contribution in [3.05, 3.63) is 61.4 Å². The summed E-state index contributed by atoms with van der Waals surface area (Å²) in [5, 5.41) is 0. The molecular formula is C16H13NO5. The summed E-state index contributed by atoms with van der Waals surface area (Å²) in [5.41, 5.74) is -0.726. The van der Waals surface area contributed by atoms with Crippen LogP contribution in [-0.4, -0.2) is 22.8 Å². The minimum absolute atomic E-state index is 0.0449. The Hall–Kier alpha value is -2.76. The summed E-state index contributed by atoms with van der Waals surface area (Å²) in [4.78, 5) is 48.7. The van der Waals surface area contributed by atoms with Crippen LogP contribution in [0.1, 0.15) is 40.1 Å². The lowest BCUT2D eigenvalue weighted by atomic mass is 10.1. The molecule has 0 atom stereocenters. The van der Waals surface area contributed by atoms with Crippen molar-refractivity contribution >= 4 is 11.8 Å². The van der Waals surface area contributed by atoms with E-state index in [0.29, 0.717) is 11.1 Å². The molecule has 6 heteroatoms. The number of hydrogen-bond donors (Lipinski definition) is 0. The van der Waals surface area contributed by atoms with E-state index in [1.165, 1.54) is 0 Å². The van der Waals surface area contributed by atoms with Crippen molar-refractivity contribution in [1.29, 1.82) is 0 Å². The monoisotopic (exact) mass is 299 g/mol. The van der Waals surface area contributed by atoms with Crippen molar-refractivity contribution in [2.75, 3.05) is 0 Å². The number of amides is 2. The fourth-order valence-corrected chi connectivity index (χ4v) is 2.46. The zero-order valence-electron chi connectivity index (χ0n) is 12.1. The van der Waals surface area contributed by atoms with Gasteiger partial charge < -0.3 is 4.74 Å². The third kappa shape index (κ3) is 1.95. The van der Waals surface area contributed by atoms with Crippen molar-refractivity contribution in [2.45, 2.75) is 26.5 Å². The highest BCUT2D eigenvalue weighted by Gasteiger charge is 2.37. The van der Waals surface area contributed by atoms with Gasteiger partial charge >= 0.3 is 0 Å². The largest absolute Gasteiger partial charge is 0.486 e. The van der Waals surface area contributed by atoms with E-state index in [-0.39, 0.29) is 24.0 Å². The maximum absolute atomic E-state index is 12.2. The van der Waals surface area contributed by atoms with Crippen LogP contribution in [0.15, 0.2) is 33.9 Å². The van der Waals surface area contributed by atoms with Crippen LogP contribution in [0.25, 0.3) is 0 Å². The van der Waals surface area contributed by atoms with Gasteiger partial charge in [0, 0.05) is 0 Å². The fraction of sp³-hybridized carbons (Fsp3) is 0.250. The Morgan fingerprint density at radius 2 is 1.50 bits per heavy atom. The fourth-order valence-electron chi connectivity index (χ4n) is 2.46. The van der Waals surface area contributed by atoms with Gasteiger partial charge in [-0.1, -0.05) is 12.1 Å². The molecule has 0 bridgehead atoms. The molecule has 0 spiro atoms. The minimum Gasteiger partial charge on any atom is -0.486 e. The molecule has 6 nitrogen and oxygen atoms in total. The quantitative estimate of drug-likeness (QED) is 0.618. The topological polar surface area (TPSA) is 80.8 Å². The molecule has 1 aliphatic rings. The molecule has 0 unspecified atom stereocenters. The Morgan fingerprint density at radius 1 is 0.955 bits per heavy atom. The number of hydrogen-bond acceptors (Lipinski definition) is 5. The summed E-state index contributed by atoms with van der Waals surface area (Å²) in [6, 6.07) is 6.45. The molecule has 2 aromatic carbocycles. The molecule has 22 heavy (non-hydrogen) atoms. The third-order valence-corrected chi connectivity index (χ3v) is 3.51. The van der Waals surface area contributed by atoms with Crippen molar-refractivity contribution in [3.8, 4) is 5.75 Å². The number of benzene rings is 1. The molecule has 0 saturated heterocycles. The molecule has 0 N–H and O–H groups in total. The van der Waals surface area contributed by atoms with Crippen LogP contribution in [0.4, 0.5) is 0 Å². The average Bonchev–Trinajstić information content (AvgIpc) is 2.75. The van der Waals surface area contributed by atoms with Crippen LogP contribution in [0, 0.1) is 0 Å². The van der Waals surface area contributed by atoms with E-state index in [1.54, 1.807) is 38.1 Å². The molecule has 1 aliphatic heterocycles. The van der Waals surface area contributed by atoms with Crippen LogP contribution >= 0.6 is 0 Å². The summed E-state index contributed by atoms with van der Waals surface area (Å²) >= 11 is 0. The van der Waals surface area contributed by atoms with Crippen LogP contribution in [0.5, 0.6) is 5.75 Å². The zero-order chi connectivity index (χ0) is 16.0. The number of carbonyl (C=O) groups excluding carboxylic acids is 2. The molecular weight excluding hydrogens is 286 g/mol. The summed E-state index contributed by atoms with van der Waals surface area (Å²) < 4.78 is 5.30. The Kier molecular flexibility index (Phi) is 3.16. The van der Waals surface area contributed by atoms with Crippen LogP contribution in [-0.2, 0) is 6.54 Å². The van der Waals surface area contributed by atoms with Gasteiger partial charge in [0.2, 0.25) is 5.43 Å². The lowest BCUT2D eigenvalue weighted by Crippen LogP contribution is -2.42. The lowest BCUT2D eigenvalue weighted by molar-refractivity contribution is 0.0639. The number of fused-ring (bicyclic) bond motifs is 1. The smallest absolute Gasteiger partial charge is 0.268 e. The van der Waals surface area contributed by atoms with Gasteiger partial charge in [-0.3, -0.25) is 24.1 Å². The molecule has 0 aliphatic carbocycles. The predicted molar refractivity (Wildman–Crippen MR) is 77.8 cm³/mol. The van der Waals surface area contributed by atoms with Crippen LogP contribution in [0.3, 0.4) is 0 Å². The highest BCUT2D eigenvalue weighted by Crippen LogP contribution is 2.25. The SMILES string of the molecule is CC(C)Oc1c(CN2C(=O)c3ccccc3C2=O)c(=O)c1=O. The van der Waals surface area contributed by atoms with Gasteiger partial charge in [-0.15, -0.1) is 0 Å². The molecule has 0 fully saturated rings. The summed E-state index contributed by atoms with van der Waals surface area (Å²) in [5.74, 6) is -0.982. The lowest BCUT2D eigenvalue weighted by Gasteiger charge is -2.19. The van der Waals surface area contributed by atoms with Crippen LogP contribution in [0.2, 0.25) is 0 Å². The van der Waals surface area contributed by atoms with E-state index >= 15 is 0 Å². The number of rotatable bonds is 4. The van der Waals surface area contributed by atoms with E-state index in [9.17, 15) is 19.2 Å². The van der Waals surface area contributed by atoms with E-state index in [1.807, 2.05) is 0 Å². The highest BCUT2D eigenvalue weighted by molar-refractivity contribution is 6.21. The molecule has 2 amide bonds. The second kappa shape index (κ2) is 4.91. The number of imide groups is 1. The first kappa shape index (κ1) is 14.2. The molecule has 0 aromatic heterocycles. The first-order valence-electron chi connectivity index (χ1n) is 6.86. The van der Waals surface area contributed by atoms with Gasteiger partial charge in [0.1, 0.15) is 0 Å². The van der Waals surface area contributed by atoms with E-state index < -0.39 is 22.7 Å². The van der Waals surface area contributed by atoms with Crippen molar-refractivity contribution in [3.63, 3.8) is 0 Å². The molecule has 2 aromatic rings. The van der Waals surface area contributed by atoms with E-state index in [0.717, 1.165) is 4.90 Å². The molecule has 0 radical (unpaired) electrons. The second-order valence-electron chi connectivity index (χ2n) is 5.37. The molecule has 0 saturated carbocycles. The zero-order valence-corrected chi connectivity index (χ0v) is 12.1. The summed E-state index contributed by atoms with van der Waals surface area (Å²) in [7, 11) is 0. The van der Waals surface area contributed by atoms with Crippen molar-refractivity contribution < 1.29 is 14.3 Å². The summed E-state index contributed by atoms with van der Waals surface area (Å²) in [6.45, 7) is 3.21. The van der Waals surface area contributed by atoms with Gasteiger partial charge in [-0.2, -0.15) is 0 Å². The number of carbonyl (C=O) groups is 2. The highest BCUT2D eigenvalue weighted by atomic mass is 16.5. The molecule has 112 valence electrons. The van der Waals surface area contributed by atoms with Gasteiger partial charge in [0.25, 0.3) is 17.2 Å². The first-order chi connectivity index (χ1) is 10.4. The second-order valence-corrected chi connectivity index (χ2v) is 5.37.